The van der Waals surface area contributed by atoms with Gasteiger partial charge in [0.1, 0.15) is 0 Å². The molecule has 3 aromatic rings. The first-order valence-electron chi connectivity index (χ1n) is 17.4. The van der Waals surface area contributed by atoms with E-state index in [2.05, 4.69) is 164 Å². The van der Waals surface area contributed by atoms with Crippen molar-refractivity contribution in [3.8, 4) is 0 Å². The van der Waals surface area contributed by atoms with Gasteiger partial charge in [-0.3, -0.25) is 0 Å². The van der Waals surface area contributed by atoms with Gasteiger partial charge in [0.15, 0.2) is 8.07 Å². The van der Waals surface area contributed by atoms with Gasteiger partial charge < -0.3 is 0 Å². The molecule has 4 rings (SSSR count). The number of allylic oxidation sites excluding steroid dienone is 4. The Morgan fingerprint density at radius 1 is 0.409 bits per heavy atom. The van der Waals surface area contributed by atoms with Crippen LogP contribution >= 0.6 is 0 Å². The maximum atomic E-state index is 2.63. The minimum atomic E-state index is -2.77. The predicted molar refractivity (Wildman–Crippen MR) is 200 cm³/mol. The fraction of sp³-hybridized carbons (Fsp3) is 0.488. The highest BCUT2D eigenvalue weighted by Crippen LogP contribution is 2.35. The molecule has 1 heteroatoms. The van der Waals surface area contributed by atoms with E-state index in [-0.39, 0.29) is 0 Å². The normalized spacial score (nSPS) is 15.9. The molecule has 0 nitrogen and oxygen atoms in total. The molecule has 0 amide bonds. The summed E-state index contributed by atoms with van der Waals surface area (Å²) in [7, 11) is -2.77. The van der Waals surface area contributed by atoms with Crippen LogP contribution in [-0.4, -0.2) is 8.07 Å². The van der Waals surface area contributed by atoms with E-state index in [9.17, 15) is 0 Å². The van der Waals surface area contributed by atoms with Gasteiger partial charge in [-0.15, -0.1) is 0 Å². The molecule has 0 radical (unpaired) electrons. The van der Waals surface area contributed by atoms with Gasteiger partial charge in [-0.25, -0.2) is 0 Å². The van der Waals surface area contributed by atoms with Gasteiger partial charge in [0.05, 0.1) is 0 Å². The quantitative estimate of drug-likeness (QED) is 0.159. The third kappa shape index (κ3) is 6.64. The van der Waals surface area contributed by atoms with Gasteiger partial charge in [-0.05, 0) is 102 Å². The Morgan fingerprint density at radius 2 is 0.659 bits per heavy atom. The minimum absolute atomic E-state index is 0.436. The molecule has 236 valence electrons. The Hall–Kier alpha value is -2.64. The zero-order chi connectivity index (χ0) is 32.7. The van der Waals surface area contributed by atoms with Gasteiger partial charge in [-0.1, -0.05) is 162 Å². The third-order valence-corrected chi connectivity index (χ3v) is 14.8. The van der Waals surface area contributed by atoms with Crippen LogP contribution in [0.15, 0.2) is 77.5 Å². The highest BCUT2D eigenvalue weighted by molar-refractivity contribution is 7.16. The Bertz CT molecular complexity index is 1310. The lowest BCUT2D eigenvalue weighted by molar-refractivity contribution is 0.834. The Kier molecular flexibility index (Phi) is 10.4. The van der Waals surface area contributed by atoms with E-state index in [0.717, 1.165) is 0 Å². The molecule has 0 N–H and O–H groups in total. The van der Waals surface area contributed by atoms with E-state index >= 15 is 0 Å². The first-order valence-corrected chi connectivity index (χ1v) is 19.4. The zero-order valence-electron chi connectivity index (χ0n) is 30.4. The second-order valence-corrected chi connectivity index (χ2v) is 19.4. The van der Waals surface area contributed by atoms with Crippen molar-refractivity contribution < 1.29 is 0 Å². The summed E-state index contributed by atoms with van der Waals surface area (Å²) in [4.78, 5) is 0. The lowest BCUT2D eigenvalue weighted by Gasteiger charge is -2.39. The van der Waals surface area contributed by atoms with Gasteiger partial charge in [0, 0.05) is 0 Å². The molecule has 0 aliphatic heterocycles. The average molecular weight is 605 g/mol. The van der Waals surface area contributed by atoms with Crippen molar-refractivity contribution in [1.82, 2.24) is 0 Å². The SMILES string of the molecule is CC1=CC(C)C=C1[Si](c1cc(C(C)C)cc(C(C)C)c1)(c1cc(C(C)C)cc(C(C)C)c1)c1cc(C(C)C)cc(C(C)C)c1. The van der Waals surface area contributed by atoms with Crippen molar-refractivity contribution in [1.29, 1.82) is 0 Å². The molecule has 0 spiro atoms. The van der Waals surface area contributed by atoms with Crippen molar-refractivity contribution in [2.24, 2.45) is 5.92 Å². The largest absolute Gasteiger partial charge is 0.179 e. The first kappa shape index (κ1) is 34.2. The van der Waals surface area contributed by atoms with Crippen LogP contribution < -0.4 is 15.6 Å². The number of rotatable bonds is 10. The summed E-state index contributed by atoms with van der Waals surface area (Å²) in [6.45, 7) is 33.1. The van der Waals surface area contributed by atoms with Crippen molar-refractivity contribution in [2.45, 2.75) is 132 Å². The van der Waals surface area contributed by atoms with Crippen molar-refractivity contribution in [2.75, 3.05) is 0 Å². The molecule has 0 bridgehead atoms. The van der Waals surface area contributed by atoms with Crippen LogP contribution in [0.2, 0.25) is 0 Å². The minimum Gasteiger partial charge on any atom is -0.0773 e. The summed E-state index contributed by atoms with van der Waals surface area (Å²) in [5, 5.41) is 6.23. The van der Waals surface area contributed by atoms with Gasteiger partial charge in [-0.2, -0.15) is 0 Å². The summed E-state index contributed by atoms with van der Waals surface area (Å²) in [5.74, 6) is 3.23. The molecule has 1 unspecified atom stereocenters. The molecule has 1 aliphatic carbocycles. The summed E-state index contributed by atoms with van der Waals surface area (Å²) in [6.07, 6.45) is 5.14. The topological polar surface area (TPSA) is 0 Å². The molecule has 1 atom stereocenters. The van der Waals surface area contributed by atoms with Gasteiger partial charge >= 0.3 is 0 Å². The molecule has 0 saturated carbocycles. The predicted octanol–water partition coefficient (Wildman–Crippen LogP) is 11.0. The van der Waals surface area contributed by atoms with Gasteiger partial charge in [0.25, 0.3) is 0 Å². The second kappa shape index (κ2) is 13.4. The van der Waals surface area contributed by atoms with Crippen LogP contribution in [0.4, 0.5) is 0 Å². The molecular weight excluding hydrogens is 545 g/mol. The van der Waals surface area contributed by atoms with Crippen LogP contribution in [-0.2, 0) is 0 Å². The van der Waals surface area contributed by atoms with E-state index in [0.29, 0.717) is 41.4 Å². The smallest absolute Gasteiger partial charge is 0.0773 e. The maximum absolute atomic E-state index is 2.77. The number of hydrogen-bond acceptors (Lipinski definition) is 0. The first-order chi connectivity index (χ1) is 20.6. The van der Waals surface area contributed by atoms with Crippen LogP contribution in [0.25, 0.3) is 0 Å². The van der Waals surface area contributed by atoms with Crippen molar-refractivity contribution in [3.05, 3.63) is 111 Å². The summed E-state index contributed by atoms with van der Waals surface area (Å²) in [5.41, 5.74) is 10.2. The van der Waals surface area contributed by atoms with E-state index in [1.807, 2.05) is 0 Å². The summed E-state index contributed by atoms with van der Waals surface area (Å²) >= 11 is 0. The standard InChI is InChI=1S/C43H60Si/c1-26(2)34-17-35(27(3)4)21-40(20-34)44(43-16-32(13)15-33(43)14,41-22-36(28(5)6)18-37(23-41)29(7)8)42-24-38(30(9)10)19-39(25-42)31(11)12/h15-32H,1-14H3. The zero-order valence-corrected chi connectivity index (χ0v) is 31.4. The fourth-order valence-corrected chi connectivity index (χ4v) is 12.4. The molecule has 0 heterocycles. The Morgan fingerprint density at radius 3 is 0.841 bits per heavy atom. The molecule has 0 saturated heterocycles. The number of hydrogen-bond donors (Lipinski definition) is 0. The van der Waals surface area contributed by atoms with Crippen LogP contribution in [0.5, 0.6) is 0 Å². The van der Waals surface area contributed by atoms with E-state index in [1.54, 1.807) is 20.8 Å². The van der Waals surface area contributed by atoms with Gasteiger partial charge in [0.2, 0.25) is 0 Å². The molecule has 44 heavy (non-hydrogen) atoms. The summed E-state index contributed by atoms with van der Waals surface area (Å²) in [6, 6.07) is 23.2. The van der Waals surface area contributed by atoms with E-state index < -0.39 is 8.07 Å². The van der Waals surface area contributed by atoms with Crippen molar-refractivity contribution >= 4 is 23.6 Å². The van der Waals surface area contributed by atoms with E-state index in [1.165, 1.54) is 39.0 Å². The maximum Gasteiger partial charge on any atom is 0.179 e. The summed E-state index contributed by atoms with van der Waals surface area (Å²) < 4.78 is 0. The van der Waals surface area contributed by atoms with Crippen LogP contribution in [0, 0.1) is 5.92 Å². The third-order valence-electron chi connectivity index (χ3n) is 10.0. The van der Waals surface area contributed by atoms with Crippen LogP contribution in [0.1, 0.15) is 166 Å². The Labute approximate surface area is 272 Å². The molecular formula is C43H60Si. The second-order valence-electron chi connectivity index (χ2n) is 15.6. The number of benzene rings is 3. The van der Waals surface area contributed by atoms with Crippen LogP contribution in [0.3, 0.4) is 0 Å². The molecule has 3 aromatic carbocycles. The monoisotopic (exact) mass is 604 g/mol. The lowest BCUT2D eigenvalue weighted by Crippen LogP contribution is -2.69. The van der Waals surface area contributed by atoms with E-state index in [4.69, 9.17) is 0 Å². The molecule has 1 aliphatic rings. The fourth-order valence-electron chi connectivity index (χ4n) is 6.99. The average Bonchev–Trinajstić information content (AvgIpc) is 3.30. The molecule has 0 aromatic heterocycles. The highest BCUT2D eigenvalue weighted by atomic mass is 28.3. The highest BCUT2D eigenvalue weighted by Gasteiger charge is 2.46. The molecule has 0 fully saturated rings. The lowest BCUT2D eigenvalue weighted by atomic mass is 9.95. The Balaban J connectivity index is 2.35. The van der Waals surface area contributed by atoms with Crippen molar-refractivity contribution in [3.63, 3.8) is 0 Å².